The van der Waals surface area contributed by atoms with Gasteiger partial charge in [-0.25, -0.2) is 0 Å². The minimum absolute atomic E-state index is 0.826. The Kier molecular flexibility index (Phi) is 3.67. The molecule has 0 spiro atoms. The van der Waals surface area contributed by atoms with Crippen LogP contribution in [-0.2, 0) is 6.42 Å². The van der Waals surface area contributed by atoms with Crippen molar-refractivity contribution in [3.63, 3.8) is 0 Å². The Hall–Kier alpha value is -0.273. The van der Waals surface area contributed by atoms with E-state index in [4.69, 9.17) is 11.6 Å². The van der Waals surface area contributed by atoms with Gasteiger partial charge in [0.2, 0.25) is 0 Å². The molecule has 0 bridgehead atoms. The van der Waals surface area contributed by atoms with Crippen molar-refractivity contribution < 1.29 is 0 Å². The Bertz CT molecular complexity index is 205. The van der Waals surface area contributed by atoms with Gasteiger partial charge in [-0.2, -0.15) is 0 Å². The van der Waals surface area contributed by atoms with Crippen molar-refractivity contribution in [3.8, 4) is 0 Å². The van der Waals surface area contributed by atoms with Gasteiger partial charge in [-0.3, -0.25) is 0 Å². The molecule has 1 radical (unpaired) electrons. The monoisotopic (exact) mass is 183 g/mol. The van der Waals surface area contributed by atoms with Crippen LogP contribution in [0.25, 0.3) is 0 Å². The quantitative estimate of drug-likeness (QED) is 0.632. The number of halogens is 1. The minimum Gasteiger partial charge on any atom is -0.0843 e. The van der Waals surface area contributed by atoms with E-state index in [9.17, 15) is 0 Å². The van der Waals surface area contributed by atoms with Crippen LogP contribution in [0.4, 0.5) is 0 Å². The molecular formula is C9H12ClSi. The van der Waals surface area contributed by atoms with Crippen molar-refractivity contribution in [2.75, 3.05) is 0 Å². The van der Waals surface area contributed by atoms with Gasteiger partial charge >= 0.3 is 0 Å². The van der Waals surface area contributed by atoms with Crippen LogP contribution in [0.2, 0.25) is 11.1 Å². The maximum absolute atomic E-state index is 5.75. The highest BCUT2D eigenvalue weighted by Gasteiger charge is 1.90. The molecule has 0 amide bonds. The average molecular weight is 184 g/mol. The van der Waals surface area contributed by atoms with Crippen LogP contribution in [0.15, 0.2) is 24.3 Å². The summed E-state index contributed by atoms with van der Waals surface area (Å²) in [6, 6.07) is 9.38. The summed E-state index contributed by atoms with van der Waals surface area (Å²) in [5.41, 5.74) is 1.39. The highest BCUT2D eigenvalue weighted by atomic mass is 35.5. The zero-order valence-electron chi connectivity index (χ0n) is 6.52. The van der Waals surface area contributed by atoms with E-state index < -0.39 is 0 Å². The lowest BCUT2D eigenvalue weighted by Crippen LogP contribution is -1.83. The van der Waals surface area contributed by atoms with Gasteiger partial charge in [0, 0.05) is 15.3 Å². The van der Waals surface area contributed by atoms with Crippen molar-refractivity contribution in [3.05, 3.63) is 34.9 Å². The molecule has 0 aliphatic carbocycles. The largest absolute Gasteiger partial charge is 0.0843 e. The van der Waals surface area contributed by atoms with Crippen LogP contribution in [-0.4, -0.2) is 10.2 Å². The van der Waals surface area contributed by atoms with Crippen molar-refractivity contribution in [1.82, 2.24) is 0 Å². The topological polar surface area (TPSA) is 0 Å². The van der Waals surface area contributed by atoms with Gasteiger partial charge in [-0.05, 0) is 24.1 Å². The Morgan fingerprint density at radius 2 is 1.82 bits per heavy atom. The molecule has 0 saturated carbocycles. The van der Waals surface area contributed by atoms with Gasteiger partial charge < -0.3 is 0 Å². The molecule has 1 aromatic carbocycles. The standard InChI is InChI=1S/C9H12ClSi/c10-9-5-3-8(4-6-9)2-1-7-11/h3-6H,1-2,7,11H2. The van der Waals surface area contributed by atoms with E-state index in [1.807, 2.05) is 22.4 Å². The first-order valence-electron chi connectivity index (χ1n) is 3.86. The molecule has 0 aliphatic heterocycles. The molecule has 0 N–H and O–H groups in total. The Morgan fingerprint density at radius 3 is 2.36 bits per heavy atom. The fraction of sp³-hybridized carbons (Fsp3) is 0.333. The summed E-state index contributed by atoms with van der Waals surface area (Å²) >= 11 is 5.75. The van der Waals surface area contributed by atoms with Crippen LogP contribution >= 0.6 is 11.6 Å². The summed E-state index contributed by atoms with van der Waals surface area (Å²) in [5, 5.41) is 0.826. The number of hydrogen-bond donors (Lipinski definition) is 0. The molecule has 0 heterocycles. The third-order valence-corrected chi connectivity index (χ3v) is 2.38. The summed E-state index contributed by atoms with van der Waals surface area (Å²) in [4.78, 5) is 0. The van der Waals surface area contributed by atoms with Gasteiger partial charge in [-0.1, -0.05) is 36.2 Å². The Morgan fingerprint density at radius 1 is 1.18 bits per heavy atom. The summed E-state index contributed by atoms with van der Waals surface area (Å²) < 4.78 is 0. The molecule has 0 aromatic heterocycles. The van der Waals surface area contributed by atoms with E-state index in [-0.39, 0.29) is 0 Å². The van der Waals surface area contributed by atoms with E-state index in [1.165, 1.54) is 24.4 Å². The summed E-state index contributed by atoms with van der Waals surface area (Å²) in [6.45, 7) is 0. The lowest BCUT2D eigenvalue weighted by atomic mass is 10.1. The van der Waals surface area contributed by atoms with Crippen molar-refractivity contribution >= 4 is 21.8 Å². The minimum atomic E-state index is 0.826. The second-order valence-electron chi connectivity index (χ2n) is 2.58. The Labute approximate surface area is 76.0 Å². The van der Waals surface area contributed by atoms with Gasteiger partial charge in [0.05, 0.1) is 0 Å². The zero-order valence-corrected chi connectivity index (χ0v) is 8.69. The zero-order chi connectivity index (χ0) is 8.10. The van der Waals surface area contributed by atoms with Gasteiger partial charge in [0.25, 0.3) is 0 Å². The van der Waals surface area contributed by atoms with Crippen molar-refractivity contribution in [2.24, 2.45) is 0 Å². The molecule has 59 valence electrons. The Balaban J connectivity index is 2.52. The second-order valence-corrected chi connectivity index (χ2v) is 3.73. The molecule has 0 aliphatic rings. The fourth-order valence-electron chi connectivity index (χ4n) is 0.980. The van der Waals surface area contributed by atoms with E-state index in [0.717, 1.165) is 5.02 Å². The summed E-state index contributed by atoms with van der Waals surface area (Å²) in [7, 11) is 2.03. The normalized spacial score (nSPS) is 10.0. The maximum atomic E-state index is 5.75. The molecule has 11 heavy (non-hydrogen) atoms. The molecule has 2 heteroatoms. The maximum Gasteiger partial charge on any atom is 0.0406 e. The lowest BCUT2D eigenvalue weighted by molar-refractivity contribution is 0.919. The second kappa shape index (κ2) is 4.57. The van der Waals surface area contributed by atoms with Crippen LogP contribution in [0.3, 0.4) is 0 Å². The van der Waals surface area contributed by atoms with Gasteiger partial charge in [0.1, 0.15) is 0 Å². The van der Waals surface area contributed by atoms with Crippen LogP contribution < -0.4 is 0 Å². The highest BCUT2D eigenvalue weighted by molar-refractivity contribution is 6.30. The first kappa shape index (κ1) is 8.82. The van der Waals surface area contributed by atoms with Gasteiger partial charge in [-0.15, -0.1) is 0 Å². The van der Waals surface area contributed by atoms with Crippen LogP contribution in [0, 0.1) is 0 Å². The van der Waals surface area contributed by atoms with Crippen molar-refractivity contribution in [1.29, 1.82) is 0 Å². The SMILES string of the molecule is [SiH2]CCCc1ccc(Cl)cc1. The number of benzene rings is 1. The fourth-order valence-corrected chi connectivity index (χ4v) is 1.36. The molecule has 0 fully saturated rings. The van der Waals surface area contributed by atoms with Crippen molar-refractivity contribution in [2.45, 2.75) is 18.9 Å². The van der Waals surface area contributed by atoms with E-state index in [2.05, 4.69) is 12.1 Å². The molecule has 1 rings (SSSR count). The van der Waals surface area contributed by atoms with E-state index in [0.29, 0.717) is 0 Å². The third kappa shape index (κ3) is 3.08. The average Bonchev–Trinajstić information content (AvgIpc) is 2.04. The van der Waals surface area contributed by atoms with E-state index >= 15 is 0 Å². The first-order valence-corrected chi connectivity index (χ1v) is 5.24. The highest BCUT2D eigenvalue weighted by Crippen LogP contribution is 2.11. The molecule has 1 aromatic rings. The molecule has 0 saturated heterocycles. The van der Waals surface area contributed by atoms with Crippen LogP contribution in [0.5, 0.6) is 0 Å². The molecule has 0 unspecified atom stereocenters. The third-order valence-electron chi connectivity index (χ3n) is 1.63. The number of rotatable bonds is 3. The lowest BCUT2D eigenvalue weighted by Gasteiger charge is -1.98. The predicted molar refractivity (Wildman–Crippen MR) is 53.1 cm³/mol. The molecular weight excluding hydrogens is 172 g/mol. The van der Waals surface area contributed by atoms with E-state index in [1.54, 1.807) is 0 Å². The number of aryl methyl sites for hydroxylation is 1. The van der Waals surface area contributed by atoms with Gasteiger partial charge in [0.15, 0.2) is 0 Å². The predicted octanol–water partition coefficient (Wildman–Crippen LogP) is 2.32. The first-order chi connectivity index (χ1) is 5.33. The smallest absolute Gasteiger partial charge is 0.0406 e. The molecule has 0 atom stereocenters. The number of hydrogen-bond acceptors (Lipinski definition) is 0. The summed E-state index contributed by atoms with van der Waals surface area (Å²) in [5.74, 6) is 0. The van der Waals surface area contributed by atoms with Crippen LogP contribution in [0.1, 0.15) is 12.0 Å². The molecule has 0 nitrogen and oxygen atoms in total. The summed E-state index contributed by atoms with van der Waals surface area (Å²) in [6.07, 6.45) is 2.46.